The van der Waals surface area contributed by atoms with Crippen molar-refractivity contribution >= 4 is 7.60 Å². The zero-order chi connectivity index (χ0) is 5.91. The summed E-state index contributed by atoms with van der Waals surface area (Å²) in [4.78, 5) is 9.81. The average Bonchev–Trinajstić information content (AvgIpc) is 1.68. The molecule has 0 aromatic rings. The van der Waals surface area contributed by atoms with Crippen LogP contribution < -0.4 is 34.5 Å². The fraction of sp³-hybridized carbons (Fsp3) is 0.500. The number of nitrogens with zero attached hydrogens (tertiary/aromatic N) is 1. The Labute approximate surface area is 69.3 Å². The molecule has 0 saturated heterocycles. The van der Waals surface area contributed by atoms with E-state index in [4.69, 9.17) is 5.26 Å². The third kappa shape index (κ3) is 4.79. The normalized spacial score (nSPS) is 15.1. The first kappa shape index (κ1) is 11.4. The van der Waals surface area contributed by atoms with Crippen LogP contribution in [0.25, 0.3) is 0 Å². The van der Waals surface area contributed by atoms with Crippen LogP contribution in [0.4, 0.5) is 0 Å². The van der Waals surface area contributed by atoms with Gasteiger partial charge in [0.25, 0.3) is 0 Å². The van der Waals surface area contributed by atoms with Crippen molar-refractivity contribution in [3.05, 3.63) is 0 Å². The maximum atomic E-state index is 9.81. The topological polar surface area (TPSA) is 73.2 Å². The summed E-state index contributed by atoms with van der Waals surface area (Å²) in [5.74, 6) is 0.969. The van der Waals surface area contributed by atoms with E-state index in [0.29, 0.717) is 0 Å². The molecule has 0 amide bonds. The predicted molar refractivity (Wildman–Crippen MR) is 20.2 cm³/mol. The largest absolute Gasteiger partial charge is 1.00 e. The Morgan fingerprint density at radius 3 is 2.25 bits per heavy atom. The number of hydrogen-bond donors (Lipinski definition) is 0. The third-order valence-electron chi connectivity index (χ3n) is 0.363. The Morgan fingerprint density at radius 1 is 1.88 bits per heavy atom. The van der Waals surface area contributed by atoms with E-state index in [1.54, 1.807) is 0 Å². The molecule has 1 atom stereocenters. The van der Waals surface area contributed by atoms with Crippen LogP contribution in [0.15, 0.2) is 0 Å². The number of nitriles is 1. The second-order valence-electron chi connectivity index (χ2n) is 0.780. The third-order valence-corrected chi connectivity index (χ3v) is 1.09. The Hall–Kier alpha value is 0.640. The second kappa shape index (κ2) is 4.51. The Kier molecular flexibility index (Phi) is 6.45. The molecule has 0 heterocycles. The molecule has 8 heavy (non-hydrogen) atoms. The Bertz CT molecular complexity index is 141. The van der Waals surface area contributed by atoms with Crippen LogP contribution in [0, 0.1) is 11.1 Å². The van der Waals surface area contributed by atoms with Crippen LogP contribution in [-0.2, 0) is 9.09 Å². The van der Waals surface area contributed by atoms with E-state index in [0.717, 1.165) is 12.9 Å². The fourth-order valence-electron chi connectivity index (χ4n) is 0.0408. The van der Waals surface area contributed by atoms with E-state index in [1.165, 1.54) is 0 Å². The minimum atomic E-state index is -4.10. The summed E-state index contributed by atoms with van der Waals surface area (Å²) in [6, 6.07) is 0. The van der Waals surface area contributed by atoms with Gasteiger partial charge in [-0.15, -0.1) is 0 Å². The summed E-state index contributed by atoms with van der Waals surface area (Å²) in [7, 11) is -3.16. The predicted octanol–water partition coefficient (Wildman–Crippen LogP) is -3.33. The van der Waals surface area contributed by atoms with Crippen LogP contribution in [-0.4, -0.2) is 7.11 Å². The molecule has 0 aliphatic rings. The van der Waals surface area contributed by atoms with Gasteiger partial charge in [-0.3, -0.25) is 4.57 Å². The van der Waals surface area contributed by atoms with Gasteiger partial charge < -0.3 is 9.42 Å². The Balaban J connectivity index is 0. The first-order valence-electron chi connectivity index (χ1n) is 1.40. The van der Waals surface area contributed by atoms with Crippen molar-refractivity contribution in [1.29, 1.82) is 5.26 Å². The van der Waals surface area contributed by atoms with E-state index in [1.807, 2.05) is 0 Å². The molecule has 0 radical (unpaired) electrons. The molecule has 0 fully saturated rings. The fourth-order valence-corrected chi connectivity index (χ4v) is 0.122. The first-order chi connectivity index (χ1) is 3.12. The first-order valence-corrected chi connectivity index (χ1v) is 2.95. The zero-order valence-electron chi connectivity index (χ0n) is 4.62. The average molecular weight is 143 g/mol. The molecule has 0 spiro atoms. The van der Waals surface area contributed by atoms with Gasteiger partial charge >= 0.3 is 29.6 Å². The zero-order valence-corrected chi connectivity index (χ0v) is 7.51. The molecule has 0 saturated carbocycles. The summed E-state index contributed by atoms with van der Waals surface area (Å²) < 4.78 is 13.5. The van der Waals surface area contributed by atoms with Crippen molar-refractivity contribution in [3.8, 4) is 5.81 Å². The van der Waals surface area contributed by atoms with E-state index < -0.39 is 7.60 Å². The minimum absolute atomic E-state index is 0. The molecule has 40 valence electrons. The van der Waals surface area contributed by atoms with Gasteiger partial charge in [-0.1, -0.05) is 0 Å². The number of rotatable bonds is 1. The van der Waals surface area contributed by atoms with Crippen molar-refractivity contribution in [2.45, 2.75) is 0 Å². The van der Waals surface area contributed by atoms with Crippen molar-refractivity contribution < 1.29 is 43.5 Å². The smallest absolute Gasteiger partial charge is 0.767 e. The van der Waals surface area contributed by atoms with Gasteiger partial charge in [-0.25, -0.2) is 0 Å². The molecule has 6 heteroatoms. The van der Waals surface area contributed by atoms with Crippen molar-refractivity contribution in [3.63, 3.8) is 0 Å². The molecular formula is C2H3NNaO3P. The van der Waals surface area contributed by atoms with Gasteiger partial charge in [0.05, 0.1) is 0 Å². The van der Waals surface area contributed by atoms with E-state index in [-0.39, 0.29) is 29.6 Å². The van der Waals surface area contributed by atoms with Gasteiger partial charge in [0.1, 0.15) is 5.81 Å². The van der Waals surface area contributed by atoms with Gasteiger partial charge in [0.2, 0.25) is 7.60 Å². The summed E-state index contributed by atoms with van der Waals surface area (Å²) in [5, 5.41) is 7.64. The maximum absolute atomic E-state index is 9.81. The van der Waals surface area contributed by atoms with Crippen molar-refractivity contribution in [2.24, 2.45) is 0 Å². The standard InChI is InChI=1S/C2H4NO3P.Na/c1-6-7(4,5)2-3;/h1H3,(H,4,5);/q;+1/p-1. The van der Waals surface area contributed by atoms with Gasteiger partial charge in [-0.2, -0.15) is 5.26 Å². The quantitative estimate of drug-likeness (QED) is 0.284. The van der Waals surface area contributed by atoms with Crippen LogP contribution in [0.3, 0.4) is 0 Å². The van der Waals surface area contributed by atoms with Crippen LogP contribution in [0.1, 0.15) is 0 Å². The van der Waals surface area contributed by atoms with Crippen LogP contribution >= 0.6 is 7.60 Å². The van der Waals surface area contributed by atoms with Crippen LogP contribution in [0.2, 0.25) is 0 Å². The van der Waals surface area contributed by atoms with Crippen LogP contribution in [0.5, 0.6) is 0 Å². The van der Waals surface area contributed by atoms with Gasteiger partial charge in [0.15, 0.2) is 0 Å². The van der Waals surface area contributed by atoms with E-state index in [2.05, 4.69) is 4.52 Å². The molecular weight excluding hydrogens is 140 g/mol. The SMILES string of the molecule is COP(=O)([O-])C#N.[Na+]. The maximum Gasteiger partial charge on any atom is 1.00 e. The molecule has 0 bridgehead atoms. The molecule has 0 N–H and O–H groups in total. The summed E-state index contributed by atoms with van der Waals surface area (Å²) in [6.07, 6.45) is 0. The molecule has 0 aliphatic heterocycles. The molecule has 0 aliphatic carbocycles. The Morgan fingerprint density at radius 2 is 2.25 bits per heavy atom. The summed E-state index contributed by atoms with van der Waals surface area (Å²) >= 11 is 0. The molecule has 1 unspecified atom stereocenters. The van der Waals surface area contributed by atoms with E-state index in [9.17, 15) is 9.46 Å². The minimum Gasteiger partial charge on any atom is -0.767 e. The summed E-state index contributed by atoms with van der Waals surface area (Å²) in [5.41, 5.74) is 0. The monoisotopic (exact) mass is 143 g/mol. The molecule has 0 aromatic heterocycles. The molecule has 4 nitrogen and oxygen atoms in total. The molecule has 0 rings (SSSR count). The van der Waals surface area contributed by atoms with Crippen molar-refractivity contribution in [2.75, 3.05) is 7.11 Å². The van der Waals surface area contributed by atoms with Gasteiger partial charge in [0, 0.05) is 7.11 Å². The van der Waals surface area contributed by atoms with Gasteiger partial charge in [-0.05, 0) is 0 Å². The molecule has 0 aromatic carbocycles. The van der Waals surface area contributed by atoms with E-state index >= 15 is 0 Å². The number of hydrogen-bond acceptors (Lipinski definition) is 4. The van der Waals surface area contributed by atoms with Crippen molar-refractivity contribution in [1.82, 2.24) is 0 Å². The summed E-state index contributed by atoms with van der Waals surface area (Å²) in [6.45, 7) is 0. The second-order valence-corrected chi connectivity index (χ2v) is 2.34.